The highest BCUT2D eigenvalue weighted by Gasteiger charge is 2.14. The first-order valence-corrected chi connectivity index (χ1v) is 9.67. The third-order valence-corrected chi connectivity index (χ3v) is 4.32. The molecule has 0 aliphatic heterocycles. The van der Waals surface area contributed by atoms with Gasteiger partial charge in [0.15, 0.2) is 23.9 Å². The van der Waals surface area contributed by atoms with E-state index in [9.17, 15) is 9.59 Å². The van der Waals surface area contributed by atoms with Crippen LogP contribution in [0.5, 0.6) is 11.5 Å². The van der Waals surface area contributed by atoms with E-state index in [2.05, 4.69) is 0 Å². The van der Waals surface area contributed by atoms with Gasteiger partial charge >= 0.3 is 12.2 Å². The number of rotatable bonds is 9. The number of aryl methyl sites for hydroxylation is 2. The number of nitrogens with zero attached hydrogens (tertiary/aromatic N) is 4. The summed E-state index contributed by atoms with van der Waals surface area (Å²) in [6.07, 6.45) is 7.19. The molecule has 2 aromatic rings. The summed E-state index contributed by atoms with van der Waals surface area (Å²) in [5.41, 5.74) is 0. The number of amides is 2. The van der Waals surface area contributed by atoms with E-state index in [0.29, 0.717) is 13.1 Å². The molecule has 10 heteroatoms. The summed E-state index contributed by atoms with van der Waals surface area (Å²) in [6.45, 7) is -3.80. The van der Waals surface area contributed by atoms with Gasteiger partial charge in [-0.05, 0) is 25.0 Å². The Morgan fingerprint density at radius 1 is 0.812 bits per heavy atom. The Bertz CT molecular complexity index is 962. The maximum atomic E-state index is 12.2. The number of halogens is 2. The first-order chi connectivity index (χ1) is 16.8. The van der Waals surface area contributed by atoms with Crippen LogP contribution in [0.15, 0.2) is 49.1 Å². The molecule has 178 valence electrons. The predicted octanol–water partition coefficient (Wildman–Crippen LogP) is -3.53. The summed E-state index contributed by atoms with van der Waals surface area (Å²) < 4.78 is 56.9. The first kappa shape index (κ1) is 20.4. The third-order valence-electron chi connectivity index (χ3n) is 4.32. The lowest BCUT2D eigenvalue weighted by Gasteiger charge is -2.17. The summed E-state index contributed by atoms with van der Waals surface area (Å²) in [4.78, 5) is 27.3. The minimum atomic E-state index is -2.36. The Labute approximate surface area is 219 Å². The standard InChI is InChI=1S/C22H32N4O4.2BrH/c1-23-13-9-11-19(17-23)29-21(27)25(3)15-7-5-6-8-16-26(4)22(28)30-20-12-10-14-24(2)18-20;;/h9-14,17-18H,5-8,15-16H2,1-4H3;2*1H/q+2;;/p-2/i1D3,2D3;;. The van der Waals surface area contributed by atoms with Crippen molar-refractivity contribution < 1.29 is 70.4 Å². The molecular weight excluding hydrogens is 544 g/mol. The van der Waals surface area contributed by atoms with Crippen LogP contribution in [0, 0.1) is 0 Å². The van der Waals surface area contributed by atoms with Crippen LogP contribution in [0.3, 0.4) is 0 Å². The lowest BCUT2D eigenvalue weighted by molar-refractivity contribution is -0.671. The number of ether oxygens (including phenoxy) is 2. The summed E-state index contributed by atoms with van der Waals surface area (Å²) in [6, 6.07) is 6.01. The van der Waals surface area contributed by atoms with E-state index in [1.54, 1.807) is 14.1 Å². The number of pyridine rings is 2. The molecule has 32 heavy (non-hydrogen) atoms. The molecule has 0 spiro atoms. The quantitative estimate of drug-likeness (QED) is 0.227. The van der Waals surface area contributed by atoms with Gasteiger partial charge in [-0.1, -0.05) is 12.8 Å². The molecule has 2 rings (SSSR count). The van der Waals surface area contributed by atoms with Gasteiger partial charge in [0.05, 0.1) is 0 Å². The van der Waals surface area contributed by atoms with Gasteiger partial charge in [-0.2, -0.15) is 0 Å². The maximum Gasteiger partial charge on any atom is 0.415 e. The molecule has 2 heterocycles. The Balaban J connectivity index is 0.00000684. The molecule has 0 aromatic carbocycles. The van der Waals surface area contributed by atoms with Gasteiger partial charge in [-0.15, -0.1) is 0 Å². The predicted molar refractivity (Wildman–Crippen MR) is 111 cm³/mol. The molecule has 0 aliphatic rings. The summed E-state index contributed by atoms with van der Waals surface area (Å²) >= 11 is 0. The Morgan fingerprint density at radius 2 is 1.22 bits per heavy atom. The average Bonchev–Trinajstić information content (AvgIpc) is 2.80. The first-order valence-electron chi connectivity index (χ1n) is 12.7. The normalized spacial score (nSPS) is 13.3. The number of unbranched alkanes of at least 4 members (excludes halogenated alkanes) is 3. The van der Waals surface area contributed by atoms with Crippen molar-refractivity contribution in [2.45, 2.75) is 25.7 Å². The van der Waals surface area contributed by atoms with Crippen molar-refractivity contribution in [2.24, 2.45) is 14.0 Å². The largest absolute Gasteiger partial charge is 1.00 e. The third kappa shape index (κ3) is 10.9. The number of hydrogen-bond donors (Lipinski definition) is 0. The van der Waals surface area contributed by atoms with Crippen LogP contribution in [0.2, 0.25) is 0 Å². The average molecular weight is 582 g/mol. The van der Waals surface area contributed by atoms with Crippen molar-refractivity contribution in [1.82, 2.24) is 9.80 Å². The fraction of sp³-hybridized carbons (Fsp3) is 0.455. The van der Waals surface area contributed by atoms with Gasteiger partial charge in [0, 0.05) is 39.3 Å². The molecule has 0 atom stereocenters. The minimum absolute atomic E-state index is 0. The lowest BCUT2D eigenvalue weighted by Crippen LogP contribution is -3.00. The maximum absolute atomic E-state index is 12.2. The highest BCUT2D eigenvalue weighted by atomic mass is 79.9. The van der Waals surface area contributed by atoms with Crippen LogP contribution >= 0.6 is 0 Å². The van der Waals surface area contributed by atoms with Crippen molar-refractivity contribution in [2.75, 3.05) is 27.2 Å². The summed E-state index contributed by atoms with van der Waals surface area (Å²) in [5, 5.41) is 0. The van der Waals surface area contributed by atoms with Gasteiger partial charge in [0.1, 0.15) is 22.2 Å². The van der Waals surface area contributed by atoms with Gasteiger partial charge in [0.2, 0.25) is 12.4 Å². The molecule has 0 N–H and O–H groups in total. The van der Waals surface area contributed by atoms with E-state index in [4.69, 9.17) is 17.7 Å². The zero-order chi connectivity index (χ0) is 26.9. The number of aromatic nitrogens is 2. The van der Waals surface area contributed by atoms with E-state index in [1.807, 2.05) is 0 Å². The SMILES string of the molecule is [2H]C([2H])([2H])[n+]1cccc(OC(=O)N(C)CCCCCCN(C)C(=O)Oc2ccc[n+](C([2H])([2H])[2H])c2)c1.[Br-].[Br-]. The molecule has 0 unspecified atom stereocenters. The van der Waals surface area contributed by atoms with Crippen molar-refractivity contribution >= 4 is 12.2 Å². The molecule has 0 fully saturated rings. The Morgan fingerprint density at radius 3 is 1.59 bits per heavy atom. The Kier molecular flexibility index (Phi) is 9.94. The monoisotopic (exact) mass is 580 g/mol. The zero-order valence-electron chi connectivity index (χ0n) is 24.0. The highest BCUT2D eigenvalue weighted by molar-refractivity contribution is 5.70. The smallest absolute Gasteiger partial charge is 0.415 e. The van der Waals surface area contributed by atoms with Crippen molar-refractivity contribution in [3.8, 4) is 11.5 Å². The summed E-state index contributed by atoms with van der Waals surface area (Å²) in [7, 11) is 3.21. The minimum Gasteiger partial charge on any atom is -1.00 e. The van der Waals surface area contributed by atoms with E-state index in [1.165, 1.54) is 58.9 Å². The molecule has 0 saturated heterocycles. The molecule has 0 bridgehead atoms. The number of carbonyl (C=O) groups excluding carboxylic acids is 2. The highest BCUT2D eigenvalue weighted by Crippen LogP contribution is 2.10. The van der Waals surface area contributed by atoms with Crippen molar-refractivity contribution in [3.05, 3.63) is 49.1 Å². The van der Waals surface area contributed by atoms with E-state index >= 15 is 0 Å². The Hall–Kier alpha value is -2.20. The fourth-order valence-electron chi connectivity index (χ4n) is 2.62. The second kappa shape index (κ2) is 15.6. The van der Waals surface area contributed by atoms with Crippen molar-refractivity contribution in [3.63, 3.8) is 0 Å². The van der Waals surface area contributed by atoms with Crippen LogP contribution in [0.25, 0.3) is 0 Å². The molecule has 0 radical (unpaired) electrons. The molecular formula is C22H32Br2N4O4. The van der Waals surface area contributed by atoms with Crippen LogP contribution in [0.1, 0.15) is 33.9 Å². The number of carbonyl (C=O) groups is 2. The molecule has 0 saturated carbocycles. The van der Waals surface area contributed by atoms with Crippen LogP contribution in [-0.2, 0) is 14.0 Å². The van der Waals surface area contributed by atoms with Crippen molar-refractivity contribution in [1.29, 1.82) is 0 Å². The second-order valence-corrected chi connectivity index (χ2v) is 6.89. The van der Waals surface area contributed by atoms with E-state index in [0.717, 1.165) is 34.8 Å². The molecule has 2 aromatic heterocycles. The van der Waals surface area contributed by atoms with Gasteiger partial charge in [-0.25, -0.2) is 18.7 Å². The van der Waals surface area contributed by atoms with Crippen LogP contribution < -0.4 is 52.6 Å². The molecule has 0 aliphatic carbocycles. The topological polar surface area (TPSA) is 66.8 Å². The molecule has 2 amide bonds. The second-order valence-electron chi connectivity index (χ2n) is 6.89. The van der Waals surface area contributed by atoms with Gasteiger partial charge < -0.3 is 53.2 Å². The fourth-order valence-corrected chi connectivity index (χ4v) is 2.62. The molecule has 8 nitrogen and oxygen atoms in total. The van der Waals surface area contributed by atoms with Gasteiger partial charge in [-0.3, -0.25) is 0 Å². The summed E-state index contributed by atoms with van der Waals surface area (Å²) in [5.74, 6) is 0.285. The van der Waals surface area contributed by atoms with E-state index < -0.39 is 26.1 Å². The lowest BCUT2D eigenvalue weighted by atomic mass is 10.2. The van der Waals surface area contributed by atoms with Crippen LogP contribution in [-0.4, -0.2) is 49.2 Å². The zero-order valence-corrected chi connectivity index (χ0v) is 21.2. The van der Waals surface area contributed by atoms with Crippen LogP contribution in [0.4, 0.5) is 9.59 Å². The van der Waals surface area contributed by atoms with E-state index in [-0.39, 0.29) is 45.5 Å². The van der Waals surface area contributed by atoms with Gasteiger partial charge in [0.25, 0.3) is 0 Å². The number of hydrogen-bond acceptors (Lipinski definition) is 4.